The molecular weight excluding hydrogens is 758 g/mol. The van der Waals surface area contributed by atoms with Gasteiger partial charge in [0.05, 0.1) is 54.6 Å². The molecule has 0 fully saturated rings. The molecule has 318 valence electrons. The number of benzene rings is 1. The first-order chi connectivity index (χ1) is 27.4. The number of carbonyl (C=O) groups excluding carboxylic acids is 3. The molecule has 0 spiro atoms. The van der Waals surface area contributed by atoms with Crippen LogP contribution < -0.4 is 10.1 Å². The van der Waals surface area contributed by atoms with E-state index in [0.717, 1.165) is 0 Å². The van der Waals surface area contributed by atoms with Crippen molar-refractivity contribution in [3.8, 4) is 11.5 Å². The number of ketones is 1. The van der Waals surface area contributed by atoms with Crippen molar-refractivity contribution in [1.82, 2.24) is 5.32 Å². The first-order valence-corrected chi connectivity index (χ1v) is 18.9. The third kappa shape index (κ3) is 9.61. The van der Waals surface area contributed by atoms with Crippen LogP contribution in [0, 0.1) is 30.6 Å². The van der Waals surface area contributed by atoms with Gasteiger partial charge in [0.15, 0.2) is 5.71 Å². The largest absolute Gasteiger partial charge is 0.507 e. The van der Waals surface area contributed by atoms with Gasteiger partial charge in [-0.3, -0.25) is 14.4 Å². The second-order valence-electron chi connectivity index (χ2n) is 14.8. The maximum Gasteiger partial charge on any atom is 0.302 e. The van der Waals surface area contributed by atoms with Crippen molar-refractivity contribution in [3.05, 3.63) is 70.2 Å². The Bertz CT molecular complexity index is 1900. The maximum absolute atomic E-state index is 14.2. The Kier molecular flexibility index (Phi) is 15.4. The van der Waals surface area contributed by atoms with Crippen LogP contribution in [0.25, 0.3) is 0 Å². The molecule has 17 heteroatoms. The van der Waals surface area contributed by atoms with Gasteiger partial charge in [0.1, 0.15) is 23.3 Å². The second-order valence-corrected chi connectivity index (χ2v) is 14.8. The number of carbonyl (C=O) groups is 3. The summed E-state index contributed by atoms with van der Waals surface area (Å²) in [6.07, 6.45) is 4.90. The lowest BCUT2D eigenvalue weighted by Crippen LogP contribution is -2.46. The van der Waals surface area contributed by atoms with Crippen LogP contribution in [0.1, 0.15) is 75.5 Å². The van der Waals surface area contributed by atoms with Gasteiger partial charge < -0.3 is 59.1 Å². The van der Waals surface area contributed by atoms with Crippen LogP contribution >= 0.6 is 0 Å². The quantitative estimate of drug-likeness (QED) is 0.0827. The van der Waals surface area contributed by atoms with E-state index in [1.807, 2.05) is 0 Å². The number of phenolic OH excluding ortho intramolecular Hbond substituents is 1. The number of nitrogens with one attached hydrogen (secondary N) is 1. The van der Waals surface area contributed by atoms with Gasteiger partial charge in [-0.1, -0.05) is 56.2 Å². The molecule has 0 radical (unpaired) electrons. The van der Waals surface area contributed by atoms with Crippen LogP contribution in [0.3, 0.4) is 0 Å². The number of ether oxygens (including phenoxy) is 6. The number of amides is 1. The number of aliphatic hydroxyl groups excluding tert-OH is 2. The SMILES string of the molecule is COCCOCO/N=C1\C=C2NC(=O)/C(C)=C\C=C\[C@H](C)[C@H](O)[C@@H](C)[C@@H](O)[C@@H](C)[C@H](OC(C)=O)C(C)[C@@H](OC)/C=C/O[C@@]3(C)Oc4c(C)c(O)c(c1c4/C3=N/O)C2=O. The van der Waals surface area contributed by atoms with Crippen molar-refractivity contribution in [2.75, 3.05) is 34.2 Å². The minimum absolute atomic E-state index is 0.00805. The fraction of sp³-hybridized carbons (Fsp3) is 0.537. The van der Waals surface area contributed by atoms with Crippen molar-refractivity contribution in [2.24, 2.45) is 34.0 Å². The zero-order valence-electron chi connectivity index (χ0n) is 34.5. The smallest absolute Gasteiger partial charge is 0.302 e. The maximum atomic E-state index is 14.2. The average molecular weight is 814 g/mol. The van der Waals surface area contributed by atoms with Gasteiger partial charge in [-0.25, -0.2) is 0 Å². The Balaban J connectivity index is 1.91. The summed E-state index contributed by atoms with van der Waals surface area (Å²) < 4.78 is 34.2. The van der Waals surface area contributed by atoms with E-state index in [9.17, 15) is 34.9 Å². The normalized spacial score (nSPS) is 32.7. The fourth-order valence-corrected chi connectivity index (χ4v) is 7.20. The minimum Gasteiger partial charge on any atom is -0.507 e. The van der Waals surface area contributed by atoms with Crippen LogP contribution in [-0.2, 0) is 38.1 Å². The number of oxime groups is 2. The van der Waals surface area contributed by atoms with Crippen molar-refractivity contribution in [2.45, 2.75) is 85.6 Å². The highest BCUT2D eigenvalue weighted by molar-refractivity contribution is 6.32. The standard InChI is InChI=1S/C41H55N3O14/c1-20-12-11-13-21(2)40(50)42-28-18-27(44-56-19-54-17-16-52-9)30-31(36(28)49)35(48)25(6)38-32(30)39(43-51)41(8,58-38)55-15-14-29(53-10)22(3)37(57-26(7)45)24(5)34(47)23(4)33(20)46/h11-15,18,20,22-24,29,33-34,37,46-48,51H,16-17,19H2,1-10H3,(H,42,50)/b12-11+,15-14+,21-13-,43-39-,44-27+/t20-,22?,23+,24+,29-,33-,34+,37+,41-/m0/s1. The van der Waals surface area contributed by atoms with E-state index in [0.29, 0.717) is 0 Å². The van der Waals surface area contributed by atoms with Gasteiger partial charge in [0, 0.05) is 68.4 Å². The summed E-state index contributed by atoms with van der Waals surface area (Å²) in [6.45, 7) is 12.8. The molecule has 0 aromatic heterocycles. The number of phenols is 1. The van der Waals surface area contributed by atoms with E-state index in [2.05, 4.69) is 15.6 Å². The molecule has 5 rings (SSSR count). The van der Waals surface area contributed by atoms with E-state index in [4.69, 9.17) is 33.3 Å². The van der Waals surface area contributed by atoms with Crippen molar-refractivity contribution >= 4 is 29.1 Å². The molecule has 1 aliphatic carbocycles. The van der Waals surface area contributed by atoms with Crippen LogP contribution in [0.4, 0.5) is 0 Å². The van der Waals surface area contributed by atoms with Gasteiger partial charge in [-0.15, -0.1) is 0 Å². The number of nitrogens with zero attached hydrogens (tertiary/aromatic N) is 2. The zero-order valence-corrected chi connectivity index (χ0v) is 34.5. The van der Waals surface area contributed by atoms with Gasteiger partial charge in [-0.05, 0) is 26.0 Å². The van der Waals surface area contributed by atoms with E-state index < -0.39 is 77.3 Å². The van der Waals surface area contributed by atoms with E-state index in [1.54, 1.807) is 39.8 Å². The van der Waals surface area contributed by atoms with Gasteiger partial charge in [0.25, 0.3) is 11.7 Å². The molecule has 3 aliphatic heterocycles. The summed E-state index contributed by atoms with van der Waals surface area (Å²) in [7, 11) is 2.95. The predicted molar refractivity (Wildman–Crippen MR) is 209 cm³/mol. The first-order valence-electron chi connectivity index (χ1n) is 18.9. The van der Waals surface area contributed by atoms with Crippen LogP contribution in [0.2, 0.25) is 0 Å². The highest BCUT2D eigenvalue weighted by Crippen LogP contribution is 2.48. The van der Waals surface area contributed by atoms with Crippen molar-refractivity contribution in [1.29, 1.82) is 0 Å². The summed E-state index contributed by atoms with van der Waals surface area (Å²) in [4.78, 5) is 45.4. The molecule has 1 aromatic carbocycles. The Morgan fingerprint density at radius 3 is 2.33 bits per heavy atom. The predicted octanol–water partition coefficient (Wildman–Crippen LogP) is 3.78. The molecule has 5 bridgehead atoms. The lowest BCUT2D eigenvalue weighted by molar-refractivity contribution is -0.160. The molecular formula is C41H55N3O14. The first kappa shape index (κ1) is 45.6. The Labute approximate surface area is 337 Å². The molecule has 0 saturated heterocycles. The highest BCUT2D eigenvalue weighted by Gasteiger charge is 2.50. The lowest BCUT2D eigenvalue weighted by atomic mass is 9.78. The molecule has 4 aliphatic rings. The molecule has 58 heavy (non-hydrogen) atoms. The third-order valence-electron chi connectivity index (χ3n) is 10.7. The molecule has 1 amide bonds. The van der Waals surface area contributed by atoms with Crippen molar-refractivity contribution < 1.29 is 68.2 Å². The molecule has 1 aromatic rings. The van der Waals surface area contributed by atoms with E-state index >= 15 is 0 Å². The lowest BCUT2D eigenvalue weighted by Gasteiger charge is -2.38. The molecule has 3 heterocycles. The van der Waals surface area contributed by atoms with Crippen LogP contribution in [-0.4, -0.2) is 114 Å². The van der Waals surface area contributed by atoms with E-state index in [1.165, 1.54) is 66.4 Å². The average Bonchev–Trinajstić information content (AvgIpc) is 3.49. The van der Waals surface area contributed by atoms with Crippen LogP contribution in [0.15, 0.2) is 58.2 Å². The van der Waals surface area contributed by atoms with Gasteiger partial charge in [-0.2, -0.15) is 0 Å². The fourth-order valence-electron chi connectivity index (χ4n) is 7.20. The summed E-state index contributed by atoms with van der Waals surface area (Å²) in [5.74, 6) is -6.85. The number of aromatic hydroxyl groups is 1. The zero-order chi connectivity index (χ0) is 43.1. The number of aliphatic hydroxyl groups is 2. The van der Waals surface area contributed by atoms with Crippen molar-refractivity contribution in [3.63, 3.8) is 0 Å². The summed E-state index contributed by atoms with van der Waals surface area (Å²) in [6, 6.07) is 0. The number of fused-ring (bicyclic) bond motifs is 14. The van der Waals surface area contributed by atoms with Crippen LogP contribution in [0.5, 0.6) is 11.5 Å². The summed E-state index contributed by atoms with van der Waals surface area (Å²) in [5.41, 5.74) is -0.516. The number of methoxy groups -OCH3 is 2. The number of Topliss-reactive ketones (excluding diaryl/α,β-unsaturated/α-hetero) is 1. The number of esters is 1. The Morgan fingerprint density at radius 1 is 0.983 bits per heavy atom. The molecule has 1 unspecified atom stereocenters. The number of allylic oxidation sites excluding steroid dienone is 4. The van der Waals surface area contributed by atoms with Gasteiger partial charge >= 0.3 is 5.97 Å². The number of hydrogen-bond acceptors (Lipinski definition) is 16. The number of hydrogen-bond donors (Lipinski definition) is 5. The molecule has 5 N–H and O–H groups in total. The molecule has 17 nitrogen and oxygen atoms in total. The summed E-state index contributed by atoms with van der Waals surface area (Å²) in [5, 5.41) is 55.2. The topological polar surface area (TPSA) is 233 Å². The van der Waals surface area contributed by atoms with Gasteiger partial charge in [0.2, 0.25) is 12.6 Å². The van der Waals surface area contributed by atoms with E-state index in [-0.39, 0.29) is 70.7 Å². The second kappa shape index (κ2) is 19.6. The molecule has 0 saturated carbocycles. The minimum atomic E-state index is -1.87. The Morgan fingerprint density at radius 2 is 1.69 bits per heavy atom. The summed E-state index contributed by atoms with van der Waals surface area (Å²) >= 11 is 0. The molecule has 9 atom stereocenters. The monoisotopic (exact) mass is 813 g/mol. The number of rotatable bonds is 8. The third-order valence-corrected chi connectivity index (χ3v) is 10.7. The Hall–Kier alpha value is -5.07. The highest BCUT2D eigenvalue weighted by atomic mass is 16.7.